The Labute approximate surface area is 127 Å². The molecule has 0 fully saturated rings. The molecule has 1 aromatic heterocycles. The monoisotopic (exact) mass is 289 g/mol. The van der Waals surface area contributed by atoms with Gasteiger partial charge in [-0.05, 0) is 40.2 Å². The van der Waals surface area contributed by atoms with E-state index in [1.807, 2.05) is 6.92 Å². The summed E-state index contributed by atoms with van der Waals surface area (Å²) in [5, 5.41) is 9.55. The predicted molar refractivity (Wildman–Crippen MR) is 87.4 cm³/mol. The van der Waals surface area contributed by atoms with Crippen LogP contribution >= 0.6 is 0 Å². The molecule has 0 saturated carbocycles. The molecule has 0 amide bonds. The van der Waals surface area contributed by atoms with Gasteiger partial charge in [-0.15, -0.1) is 0 Å². The van der Waals surface area contributed by atoms with E-state index in [-0.39, 0.29) is 5.54 Å². The number of hydrogen-bond acceptors (Lipinski definition) is 3. The van der Waals surface area contributed by atoms with Crippen LogP contribution in [-0.4, -0.2) is 28.5 Å². The van der Waals surface area contributed by atoms with Crippen molar-refractivity contribution < 1.29 is 4.74 Å². The summed E-state index contributed by atoms with van der Waals surface area (Å²) >= 11 is 0. The molecule has 0 atom stereocenters. The first-order valence-corrected chi connectivity index (χ1v) is 7.78. The molecule has 0 aliphatic rings. The van der Waals surface area contributed by atoms with Crippen molar-refractivity contribution in [2.24, 2.45) is 0 Å². The zero-order valence-corrected chi connectivity index (χ0v) is 13.6. The second-order valence-corrected chi connectivity index (χ2v) is 6.34. The van der Waals surface area contributed by atoms with Gasteiger partial charge in [0.2, 0.25) is 0 Å². The van der Waals surface area contributed by atoms with E-state index in [2.05, 4.69) is 55.0 Å². The molecular formula is C17H27N3O. The first-order valence-electron chi connectivity index (χ1n) is 7.78. The molecule has 1 heterocycles. The lowest BCUT2D eigenvalue weighted by atomic mass is 10.1. The normalized spacial score (nSPS) is 12.2. The van der Waals surface area contributed by atoms with E-state index in [1.54, 1.807) is 0 Å². The molecule has 2 rings (SSSR count). The largest absolute Gasteiger partial charge is 0.382 e. The minimum Gasteiger partial charge on any atom is -0.382 e. The van der Waals surface area contributed by atoms with E-state index in [0.29, 0.717) is 0 Å². The molecule has 1 N–H and O–H groups in total. The molecule has 4 heteroatoms. The van der Waals surface area contributed by atoms with Crippen molar-refractivity contribution in [2.75, 3.05) is 13.2 Å². The average Bonchev–Trinajstić information content (AvgIpc) is 2.79. The minimum atomic E-state index is 0.0971. The summed E-state index contributed by atoms with van der Waals surface area (Å²) in [6.07, 6.45) is 0.992. The van der Waals surface area contributed by atoms with Crippen molar-refractivity contribution in [1.29, 1.82) is 0 Å². The SMILES string of the molecule is CCOCCCn1nc(CNC(C)(C)C)c2ccccc21. The zero-order chi connectivity index (χ0) is 15.3. The number of nitrogens with zero attached hydrogens (tertiary/aromatic N) is 2. The van der Waals surface area contributed by atoms with Gasteiger partial charge in [-0.25, -0.2) is 0 Å². The topological polar surface area (TPSA) is 39.1 Å². The Balaban J connectivity index is 2.14. The highest BCUT2D eigenvalue weighted by atomic mass is 16.5. The first kappa shape index (κ1) is 16.0. The molecule has 0 spiro atoms. The summed E-state index contributed by atoms with van der Waals surface area (Å²) in [5.41, 5.74) is 2.43. The number of aryl methyl sites for hydroxylation is 1. The van der Waals surface area contributed by atoms with Gasteiger partial charge in [0, 0.05) is 37.2 Å². The number of rotatable bonds is 7. The first-order chi connectivity index (χ1) is 10.0. The van der Waals surface area contributed by atoms with Crippen molar-refractivity contribution in [3.8, 4) is 0 Å². The number of para-hydroxylation sites is 1. The van der Waals surface area contributed by atoms with Crippen molar-refractivity contribution >= 4 is 10.9 Å². The lowest BCUT2D eigenvalue weighted by Gasteiger charge is -2.19. The lowest BCUT2D eigenvalue weighted by Crippen LogP contribution is -2.35. The molecule has 1 aromatic carbocycles. The third-order valence-electron chi connectivity index (χ3n) is 3.38. The molecule has 0 radical (unpaired) electrons. The van der Waals surface area contributed by atoms with Gasteiger partial charge < -0.3 is 10.1 Å². The number of benzene rings is 1. The maximum absolute atomic E-state index is 5.41. The van der Waals surface area contributed by atoms with Gasteiger partial charge in [0.15, 0.2) is 0 Å². The van der Waals surface area contributed by atoms with Gasteiger partial charge >= 0.3 is 0 Å². The fraction of sp³-hybridized carbons (Fsp3) is 0.588. The maximum Gasteiger partial charge on any atom is 0.0841 e. The van der Waals surface area contributed by atoms with Crippen molar-refractivity contribution in [3.05, 3.63) is 30.0 Å². The molecule has 21 heavy (non-hydrogen) atoms. The molecule has 2 aromatic rings. The van der Waals surface area contributed by atoms with E-state index in [1.165, 1.54) is 10.9 Å². The molecular weight excluding hydrogens is 262 g/mol. The quantitative estimate of drug-likeness (QED) is 0.795. The van der Waals surface area contributed by atoms with Crippen LogP contribution in [0.5, 0.6) is 0 Å². The van der Waals surface area contributed by atoms with Crippen molar-refractivity contribution in [3.63, 3.8) is 0 Å². The molecule has 4 nitrogen and oxygen atoms in total. The lowest BCUT2D eigenvalue weighted by molar-refractivity contribution is 0.141. The average molecular weight is 289 g/mol. The van der Waals surface area contributed by atoms with E-state index in [0.717, 1.165) is 38.4 Å². The van der Waals surface area contributed by atoms with Crippen LogP contribution in [0.4, 0.5) is 0 Å². The van der Waals surface area contributed by atoms with E-state index in [9.17, 15) is 0 Å². The van der Waals surface area contributed by atoms with Crippen LogP contribution in [0.25, 0.3) is 10.9 Å². The molecule has 0 saturated heterocycles. The molecule has 0 bridgehead atoms. The van der Waals surface area contributed by atoms with Gasteiger partial charge in [0.25, 0.3) is 0 Å². The highest BCUT2D eigenvalue weighted by Crippen LogP contribution is 2.19. The maximum atomic E-state index is 5.41. The van der Waals surface area contributed by atoms with Crippen LogP contribution in [0.1, 0.15) is 39.8 Å². The van der Waals surface area contributed by atoms with Crippen LogP contribution in [0, 0.1) is 0 Å². The van der Waals surface area contributed by atoms with Crippen LogP contribution in [0.15, 0.2) is 24.3 Å². The second-order valence-electron chi connectivity index (χ2n) is 6.34. The fourth-order valence-electron chi connectivity index (χ4n) is 2.31. The van der Waals surface area contributed by atoms with Gasteiger partial charge in [-0.1, -0.05) is 18.2 Å². The zero-order valence-electron chi connectivity index (χ0n) is 13.6. The third-order valence-corrected chi connectivity index (χ3v) is 3.38. The van der Waals surface area contributed by atoms with Crippen LogP contribution in [0.3, 0.4) is 0 Å². The highest BCUT2D eigenvalue weighted by Gasteiger charge is 2.13. The number of hydrogen-bond donors (Lipinski definition) is 1. The molecule has 0 aliphatic carbocycles. The van der Waals surface area contributed by atoms with Crippen LogP contribution in [-0.2, 0) is 17.8 Å². The summed E-state index contributed by atoms with van der Waals surface area (Å²) < 4.78 is 7.52. The third kappa shape index (κ3) is 4.55. The van der Waals surface area contributed by atoms with Crippen LogP contribution < -0.4 is 5.32 Å². The fourth-order valence-corrected chi connectivity index (χ4v) is 2.31. The van der Waals surface area contributed by atoms with Crippen molar-refractivity contribution in [1.82, 2.24) is 15.1 Å². The van der Waals surface area contributed by atoms with Gasteiger partial charge in [0.1, 0.15) is 0 Å². The van der Waals surface area contributed by atoms with Gasteiger partial charge in [-0.2, -0.15) is 5.10 Å². The summed E-state index contributed by atoms with van der Waals surface area (Å²) in [4.78, 5) is 0. The number of nitrogens with one attached hydrogen (secondary N) is 1. The molecule has 116 valence electrons. The standard InChI is InChI=1S/C17H27N3O/c1-5-21-12-8-11-20-16-10-7-6-9-14(16)15(19-20)13-18-17(2,3)4/h6-7,9-10,18H,5,8,11-13H2,1-4H3. The Morgan fingerprint density at radius 2 is 2.00 bits per heavy atom. The second kappa shape index (κ2) is 7.05. The highest BCUT2D eigenvalue weighted by molar-refractivity contribution is 5.81. The number of ether oxygens (including phenoxy) is 1. The summed E-state index contributed by atoms with van der Waals surface area (Å²) in [6, 6.07) is 8.45. The molecule has 0 aliphatic heterocycles. The Hall–Kier alpha value is -1.39. The summed E-state index contributed by atoms with van der Waals surface area (Å²) in [6.45, 7) is 11.8. The Bertz CT molecular complexity index is 569. The smallest absolute Gasteiger partial charge is 0.0841 e. The Kier molecular flexibility index (Phi) is 5.37. The Morgan fingerprint density at radius 1 is 1.24 bits per heavy atom. The number of aromatic nitrogens is 2. The van der Waals surface area contributed by atoms with Crippen molar-refractivity contribution in [2.45, 2.75) is 52.7 Å². The number of fused-ring (bicyclic) bond motifs is 1. The van der Waals surface area contributed by atoms with E-state index >= 15 is 0 Å². The minimum absolute atomic E-state index is 0.0971. The van der Waals surface area contributed by atoms with Gasteiger partial charge in [-0.3, -0.25) is 4.68 Å². The molecule has 0 unspecified atom stereocenters. The van der Waals surface area contributed by atoms with Crippen LogP contribution in [0.2, 0.25) is 0 Å². The van der Waals surface area contributed by atoms with E-state index in [4.69, 9.17) is 9.84 Å². The summed E-state index contributed by atoms with van der Waals surface area (Å²) in [5.74, 6) is 0. The van der Waals surface area contributed by atoms with Gasteiger partial charge in [0.05, 0.1) is 11.2 Å². The Morgan fingerprint density at radius 3 is 2.71 bits per heavy atom. The summed E-state index contributed by atoms with van der Waals surface area (Å²) in [7, 11) is 0. The van der Waals surface area contributed by atoms with E-state index < -0.39 is 0 Å². The predicted octanol–water partition coefficient (Wildman–Crippen LogP) is 3.35.